The summed E-state index contributed by atoms with van der Waals surface area (Å²) in [5.41, 5.74) is 2.66. The van der Waals surface area contributed by atoms with Crippen molar-refractivity contribution in [2.45, 2.75) is 13.8 Å². The molecule has 15 heavy (non-hydrogen) atoms. The number of carboxylic acid groups (broad SMARTS) is 1. The highest BCUT2D eigenvalue weighted by molar-refractivity contribution is 5.95. The van der Waals surface area contributed by atoms with E-state index in [1.807, 2.05) is 19.9 Å². The molecular formula is C13H12O2. The predicted molar refractivity (Wildman–Crippen MR) is 60.4 cm³/mol. The molecule has 0 heterocycles. The monoisotopic (exact) mass is 200 g/mol. The van der Waals surface area contributed by atoms with Crippen LogP contribution in [0.15, 0.2) is 30.3 Å². The van der Waals surface area contributed by atoms with Crippen LogP contribution in [0.25, 0.3) is 10.8 Å². The summed E-state index contributed by atoms with van der Waals surface area (Å²) in [6.45, 7) is 4.04. The van der Waals surface area contributed by atoms with Crippen LogP contribution in [0.1, 0.15) is 21.5 Å². The fourth-order valence-electron chi connectivity index (χ4n) is 1.86. The number of aromatic carboxylic acids is 1. The molecule has 2 aromatic rings. The summed E-state index contributed by atoms with van der Waals surface area (Å²) in [7, 11) is 0. The maximum Gasteiger partial charge on any atom is 0.335 e. The molecule has 2 heteroatoms. The molecule has 0 bridgehead atoms. The molecule has 2 aromatic carbocycles. The quantitative estimate of drug-likeness (QED) is 0.767. The lowest BCUT2D eigenvalue weighted by Crippen LogP contribution is -1.95. The Morgan fingerprint density at radius 1 is 1.13 bits per heavy atom. The Morgan fingerprint density at radius 2 is 1.87 bits per heavy atom. The Kier molecular flexibility index (Phi) is 2.19. The summed E-state index contributed by atoms with van der Waals surface area (Å²) in [5, 5.41) is 11.0. The van der Waals surface area contributed by atoms with E-state index in [1.54, 1.807) is 12.1 Å². The second kappa shape index (κ2) is 3.39. The van der Waals surface area contributed by atoms with Crippen molar-refractivity contribution in [1.82, 2.24) is 0 Å². The van der Waals surface area contributed by atoms with Gasteiger partial charge >= 0.3 is 5.97 Å². The molecule has 0 aliphatic heterocycles. The summed E-state index contributed by atoms with van der Waals surface area (Å²) in [5.74, 6) is -0.878. The van der Waals surface area contributed by atoms with Crippen LogP contribution in [0.5, 0.6) is 0 Å². The van der Waals surface area contributed by atoms with Gasteiger partial charge in [0.05, 0.1) is 5.56 Å². The molecule has 2 nitrogen and oxygen atoms in total. The van der Waals surface area contributed by atoms with Crippen molar-refractivity contribution in [3.63, 3.8) is 0 Å². The predicted octanol–water partition coefficient (Wildman–Crippen LogP) is 3.15. The summed E-state index contributed by atoms with van der Waals surface area (Å²) >= 11 is 0. The second-order valence-corrected chi connectivity index (χ2v) is 3.82. The van der Waals surface area contributed by atoms with Crippen molar-refractivity contribution in [3.8, 4) is 0 Å². The molecule has 0 atom stereocenters. The Morgan fingerprint density at radius 3 is 2.53 bits per heavy atom. The minimum atomic E-state index is -0.878. The minimum absolute atomic E-state index is 0.342. The van der Waals surface area contributed by atoms with Gasteiger partial charge in [0.15, 0.2) is 0 Å². The van der Waals surface area contributed by atoms with Gasteiger partial charge in [-0.1, -0.05) is 23.8 Å². The van der Waals surface area contributed by atoms with Gasteiger partial charge in [-0.25, -0.2) is 4.79 Å². The number of carboxylic acids is 1. The smallest absolute Gasteiger partial charge is 0.335 e. The summed E-state index contributed by atoms with van der Waals surface area (Å²) in [6, 6.07) is 9.36. The average molecular weight is 200 g/mol. The first kappa shape index (κ1) is 9.71. The van der Waals surface area contributed by atoms with Crippen molar-refractivity contribution in [2.24, 2.45) is 0 Å². The highest BCUT2D eigenvalue weighted by atomic mass is 16.4. The molecule has 76 valence electrons. The largest absolute Gasteiger partial charge is 0.478 e. The number of hydrogen-bond donors (Lipinski definition) is 1. The fourth-order valence-corrected chi connectivity index (χ4v) is 1.86. The Balaban J connectivity index is 2.76. The molecule has 0 amide bonds. The average Bonchev–Trinajstić information content (AvgIpc) is 2.16. The van der Waals surface area contributed by atoms with Crippen molar-refractivity contribution >= 4 is 16.7 Å². The summed E-state index contributed by atoms with van der Waals surface area (Å²) in [4.78, 5) is 10.8. The molecular weight excluding hydrogens is 188 g/mol. The van der Waals surface area contributed by atoms with Gasteiger partial charge < -0.3 is 5.11 Å². The van der Waals surface area contributed by atoms with E-state index in [1.165, 1.54) is 5.56 Å². The maximum absolute atomic E-state index is 10.8. The minimum Gasteiger partial charge on any atom is -0.478 e. The van der Waals surface area contributed by atoms with E-state index in [4.69, 9.17) is 5.11 Å². The van der Waals surface area contributed by atoms with Gasteiger partial charge in [0.25, 0.3) is 0 Å². The van der Waals surface area contributed by atoms with Gasteiger partial charge in [-0.05, 0) is 42.3 Å². The topological polar surface area (TPSA) is 37.3 Å². The van der Waals surface area contributed by atoms with Gasteiger partial charge in [0.1, 0.15) is 0 Å². The van der Waals surface area contributed by atoms with Gasteiger partial charge in [-0.3, -0.25) is 0 Å². The van der Waals surface area contributed by atoms with Crippen LogP contribution in [-0.4, -0.2) is 11.1 Å². The normalized spacial score (nSPS) is 10.5. The van der Waals surface area contributed by atoms with Gasteiger partial charge in [0.2, 0.25) is 0 Å². The molecule has 0 fully saturated rings. The van der Waals surface area contributed by atoms with Gasteiger partial charge in [-0.2, -0.15) is 0 Å². The third-order valence-electron chi connectivity index (χ3n) is 2.55. The summed E-state index contributed by atoms with van der Waals surface area (Å²) in [6.07, 6.45) is 0. The van der Waals surface area contributed by atoms with Crippen LogP contribution in [-0.2, 0) is 0 Å². The molecule has 2 rings (SSSR count). The van der Waals surface area contributed by atoms with Gasteiger partial charge in [-0.15, -0.1) is 0 Å². The second-order valence-electron chi connectivity index (χ2n) is 3.82. The van der Waals surface area contributed by atoms with E-state index < -0.39 is 5.97 Å². The first-order valence-electron chi connectivity index (χ1n) is 4.82. The number of rotatable bonds is 1. The molecule has 0 aromatic heterocycles. The number of carbonyl (C=O) groups is 1. The lowest BCUT2D eigenvalue weighted by atomic mass is 10.0. The van der Waals surface area contributed by atoms with Crippen LogP contribution in [0, 0.1) is 13.8 Å². The third kappa shape index (κ3) is 1.71. The lowest BCUT2D eigenvalue weighted by Gasteiger charge is -2.05. The van der Waals surface area contributed by atoms with Crippen LogP contribution >= 0.6 is 0 Å². The van der Waals surface area contributed by atoms with E-state index in [0.717, 1.165) is 16.3 Å². The Labute approximate surface area is 88.2 Å². The van der Waals surface area contributed by atoms with Crippen LogP contribution in [0.4, 0.5) is 0 Å². The van der Waals surface area contributed by atoms with Crippen molar-refractivity contribution in [1.29, 1.82) is 0 Å². The zero-order chi connectivity index (χ0) is 11.0. The van der Waals surface area contributed by atoms with E-state index in [-0.39, 0.29) is 0 Å². The van der Waals surface area contributed by atoms with Crippen molar-refractivity contribution < 1.29 is 9.90 Å². The van der Waals surface area contributed by atoms with E-state index in [2.05, 4.69) is 12.1 Å². The number of benzene rings is 2. The Hall–Kier alpha value is -1.83. The van der Waals surface area contributed by atoms with E-state index in [9.17, 15) is 4.79 Å². The zero-order valence-corrected chi connectivity index (χ0v) is 8.74. The van der Waals surface area contributed by atoms with Crippen molar-refractivity contribution in [2.75, 3.05) is 0 Å². The molecule has 0 radical (unpaired) electrons. The molecule has 0 spiro atoms. The fraction of sp³-hybridized carbons (Fsp3) is 0.154. The maximum atomic E-state index is 10.8. The first-order valence-corrected chi connectivity index (χ1v) is 4.82. The van der Waals surface area contributed by atoms with E-state index >= 15 is 0 Å². The zero-order valence-electron chi connectivity index (χ0n) is 8.74. The standard InChI is InChI=1S/C13H12O2/c1-8-5-9(2)12-7-11(13(14)15)4-3-10(12)6-8/h3-7H,1-2H3,(H,14,15). The highest BCUT2D eigenvalue weighted by Gasteiger charge is 2.05. The van der Waals surface area contributed by atoms with Gasteiger partial charge in [0, 0.05) is 0 Å². The molecule has 1 N–H and O–H groups in total. The highest BCUT2D eigenvalue weighted by Crippen LogP contribution is 2.21. The molecule has 0 aliphatic carbocycles. The SMILES string of the molecule is Cc1cc(C)c2cc(C(=O)O)ccc2c1. The first-order chi connectivity index (χ1) is 7.08. The molecule has 0 unspecified atom stereocenters. The lowest BCUT2D eigenvalue weighted by molar-refractivity contribution is 0.0697. The Bertz CT molecular complexity index is 541. The van der Waals surface area contributed by atoms with E-state index in [0.29, 0.717) is 5.56 Å². The summed E-state index contributed by atoms with van der Waals surface area (Å²) < 4.78 is 0. The van der Waals surface area contributed by atoms with Crippen molar-refractivity contribution in [3.05, 3.63) is 47.0 Å². The third-order valence-corrected chi connectivity index (χ3v) is 2.55. The van der Waals surface area contributed by atoms with Crippen LogP contribution in [0.3, 0.4) is 0 Å². The number of hydrogen-bond acceptors (Lipinski definition) is 1. The number of fused-ring (bicyclic) bond motifs is 1. The number of aryl methyl sites for hydroxylation is 2. The molecule has 0 saturated carbocycles. The van der Waals surface area contributed by atoms with Crippen LogP contribution < -0.4 is 0 Å². The molecule has 0 aliphatic rings. The van der Waals surface area contributed by atoms with Crippen LogP contribution in [0.2, 0.25) is 0 Å². The molecule has 0 saturated heterocycles.